The first-order valence-corrected chi connectivity index (χ1v) is 7.45. The first-order valence-electron chi connectivity index (χ1n) is 7.45. The molecule has 1 N–H and O–H groups in total. The summed E-state index contributed by atoms with van der Waals surface area (Å²) in [6.45, 7) is 7.40. The Morgan fingerprint density at radius 2 is 1.56 bits per heavy atom. The highest BCUT2D eigenvalue weighted by Crippen LogP contribution is 2.47. The molecule has 0 bridgehead atoms. The van der Waals surface area contributed by atoms with E-state index in [9.17, 15) is 0 Å². The van der Waals surface area contributed by atoms with Gasteiger partial charge in [0.2, 0.25) is 0 Å². The minimum absolute atomic E-state index is 0.708. The van der Waals surface area contributed by atoms with Crippen LogP contribution < -0.4 is 5.32 Å². The Bertz CT molecular complexity index is 201. The zero-order valence-corrected chi connectivity index (χ0v) is 11.2. The number of hydrogen-bond donors (Lipinski definition) is 1. The molecule has 16 heavy (non-hydrogen) atoms. The van der Waals surface area contributed by atoms with Crippen molar-refractivity contribution in [1.29, 1.82) is 0 Å². The van der Waals surface area contributed by atoms with E-state index in [4.69, 9.17) is 0 Å². The van der Waals surface area contributed by atoms with Gasteiger partial charge in [-0.3, -0.25) is 0 Å². The van der Waals surface area contributed by atoms with Crippen molar-refractivity contribution in [3.8, 4) is 0 Å². The molecule has 1 unspecified atom stereocenters. The van der Waals surface area contributed by atoms with Crippen LogP contribution in [0.5, 0.6) is 0 Å². The van der Waals surface area contributed by atoms with Gasteiger partial charge in [0.05, 0.1) is 0 Å². The Balaban J connectivity index is 2.09. The fraction of sp³-hybridized carbons (Fsp3) is 1.00. The second kappa shape index (κ2) is 5.53. The van der Waals surface area contributed by atoms with Gasteiger partial charge < -0.3 is 5.32 Å². The van der Waals surface area contributed by atoms with Gasteiger partial charge >= 0.3 is 0 Å². The minimum Gasteiger partial charge on any atom is -0.316 e. The predicted octanol–water partition coefficient (Wildman–Crippen LogP) is 3.98. The molecule has 94 valence electrons. The first-order chi connectivity index (χ1) is 7.75. The van der Waals surface area contributed by atoms with E-state index in [-0.39, 0.29) is 0 Å². The number of piperidine rings is 1. The van der Waals surface area contributed by atoms with Crippen LogP contribution >= 0.6 is 0 Å². The average molecular weight is 223 g/mol. The fourth-order valence-corrected chi connectivity index (χ4v) is 4.17. The highest BCUT2D eigenvalue weighted by molar-refractivity contribution is 4.93. The summed E-state index contributed by atoms with van der Waals surface area (Å²) in [5.41, 5.74) is 0.708. The lowest BCUT2D eigenvalue weighted by Gasteiger charge is -2.48. The van der Waals surface area contributed by atoms with E-state index >= 15 is 0 Å². The Kier molecular flexibility index (Phi) is 4.29. The second-order valence-electron chi connectivity index (χ2n) is 6.43. The molecule has 2 fully saturated rings. The van der Waals surface area contributed by atoms with E-state index in [1.807, 2.05) is 0 Å². The summed E-state index contributed by atoms with van der Waals surface area (Å²) in [5, 5.41) is 3.62. The van der Waals surface area contributed by atoms with Crippen LogP contribution in [0.25, 0.3) is 0 Å². The average Bonchev–Trinajstić information content (AvgIpc) is 2.24. The molecular formula is C15H29N. The smallest absolute Gasteiger partial charge is 0.00127 e. The van der Waals surface area contributed by atoms with Crippen LogP contribution in [-0.2, 0) is 0 Å². The quantitative estimate of drug-likeness (QED) is 0.709. The molecule has 1 aliphatic heterocycles. The van der Waals surface area contributed by atoms with Crippen LogP contribution in [-0.4, -0.2) is 13.1 Å². The summed E-state index contributed by atoms with van der Waals surface area (Å²) in [4.78, 5) is 0. The highest BCUT2D eigenvalue weighted by Gasteiger charge is 2.41. The van der Waals surface area contributed by atoms with Crippen molar-refractivity contribution in [1.82, 2.24) is 5.32 Å². The van der Waals surface area contributed by atoms with Crippen molar-refractivity contribution < 1.29 is 0 Å². The van der Waals surface area contributed by atoms with Gasteiger partial charge in [0.25, 0.3) is 0 Å². The van der Waals surface area contributed by atoms with Gasteiger partial charge in [0.1, 0.15) is 0 Å². The molecule has 1 heterocycles. The van der Waals surface area contributed by atoms with Gasteiger partial charge in [-0.25, -0.2) is 0 Å². The van der Waals surface area contributed by atoms with Gasteiger partial charge in [-0.2, -0.15) is 0 Å². The molecule has 0 amide bonds. The maximum Gasteiger partial charge on any atom is -0.00127 e. The van der Waals surface area contributed by atoms with Crippen molar-refractivity contribution in [3.05, 3.63) is 0 Å². The number of rotatable bonds is 1. The van der Waals surface area contributed by atoms with Gasteiger partial charge in [0.15, 0.2) is 0 Å². The first kappa shape index (κ1) is 12.4. The molecule has 0 aromatic carbocycles. The molecule has 1 saturated carbocycles. The predicted molar refractivity (Wildman–Crippen MR) is 70.6 cm³/mol. The summed E-state index contributed by atoms with van der Waals surface area (Å²) < 4.78 is 0. The Morgan fingerprint density at radius 1 is 0.938 bits per heavy atom. The SMILES string of the molecule is CC(C)C1CNCCC12CCCCCCC2. The normalized spacial score (nSPS) is 31.3. The van der Waals surface area contributed by atoms with Crippen LogP contribution in [0.3, 0.4) is 0 Å². The summed E-state index contributed by atoms with van der Waals surface area (Å²) >= 11 is 0. The Hall–Kier alpha value is -0.0400. The van der Waals surface area contributed by atoms with E-state index < -0.39 is 0 Å². The Labute approximate surface area is 101 Å². The van der Waals surface area contributed by atoms with Gasteiger partial charge in [0, 0.05) is 0 Å². The standard InChI is InChI=1S/C15H29N/c1-13(2)14-12-16-11-10-15(14)8-6-4-3-5-7-9-15/h13-14,16H,3-12H2,1-2H3. The fourth-order valence-electron chi connectivity index (χ4n) is 4.17. The van der Waals surface area contributed by atoms with Crippen molar-refractivity contribution in [2.24, 2.45) is 17.3 Å². The van der Waals surface area contributed by atoms with E-state index in [1.54, 1.807) is 0 Å². The largest absolute Gasteiger partial charge is 0.316 e. The maximum absolute atomic E-state index is 3.62. The molecule has 1 spiro atoms. The summed E-state index contributed by atoms with van der Waals surface area (Å²) in [6, 6.07) is 0. The molecule has 2 rings (SSSR count). The molecule has 1 nitrogen and oxygen atoms in total. The third-order valence-electron chi connectivity index (χ3n) is 5.10. The minimum atomic E-state index is 0.708. The molecule has 1 heteroatoms. The third kappa shape index (κ3) is 2.61. The lowest BCUT2D eigenvalue weighted by molar-refractivity contribution is 0.0416. The molecule has 0 aromatic rings. The van der Waals surface area contributed by atoms with Crippen molar-refractivity contribution in [2.75, 3.05) is 13.1 Å². The molecule has 0 radical (unpaired) electrons. The van der Waals surface area contributed by atoms with Crippen LogP contribution in [0.2, 0.25) is 0 Å². The van der Waals surface area contributed by atoms with Crippen LogP contribution in [0.15, 0.2) is 0 Å². The zero-order chi connectivity index (χ0) is 11.4. The van der Waals surface area contributed by atoms with Crippen LogP contribution in [0.4, 0.5) is 0 Å². The van der Waals surface area contributed by atoms with E-state index in [0.717, 1.165) is 11.8 Å². The molecule has 1 saturated heterocycles. The monoisotopic (exact) mass is 223 g/mol. The topological polar surface area (TPSA) is 12.0 Å². The van der Waals surface area contributed by atoms with Crippen molar-refractivity contribution in [3.63, 3.8) is 0 Å². The van der Waals surface area contributed by atoms with E-state index in [0.29, 0.717) is 5.41 Å². The lowest BCUT2D eigenvalue weighted by atomic mass is 9.61. The van der Waals surface area contributed by atoms with E-state index in [1.165, 1.54) is 64.5 Å². The van der Waals surface area contributed by atoms with Gasteiger partial charge in [-0.05, 0) is 49.6 Å². The highest BCUT2D eigenvalue weighted by atomic mass is 14.9. The zero-order valence-electron chi connectivity index (χ0n) is 11.2. The van der Waals surface area contributed by atoms with Gasteiger partial charge in [-0.1, -0.05) is 46.0 Å². The molecule has 0 aromatic heterocycles. The molecule has 2 aliphatic rings. The Morgan fingerprint density at radius 3 is 2.19 bits per heavy atom. The summed E-state index contributed by atoms with van der Waals surface area (Å²) in [7, 11) is 0. The van der Waals surface area contributed by atoms with Crippen molar-refractivity contribution in [2.45, 2.75) is 65.2 Å². The van der Waals surface area contributed by atoms with Crippen molar-refractivity contribution >= 4 is 0 Å². The molecule has 1 atom stereocenters. The van der Waals surface area contributed by atoms with Crippen LogP contribution in [0.1, 0.15) is 65.2 Å². The van der Waals surface area contributed by atoms with Crippen LogP contribution in [0, 0.1) is 17.3 Å². The molecule has 1 aliphatic carbocycles. The third-order valence-corrected chi connectivity index (χ3v) is 5.10. The molecular weight excluding hydrogens is 194 g/mol. The number of hydrogen-bond acceptors (Lipinski definition) is 1. The lowest BCUT2D eigenvalue weighted by Crippen LogP contribution is -2.47. The summed E-state index contributed by atoms with van der Waals surface area (Å²) in [5.74, 6) is 1.78. The van der Waals surface area contributed by atoms with E-state index in [2.05, 4.69) is 19.2 Å². The maximum atomic E-state index is 3.62. The van der Waals surface area contributed by atoms with Gasteiger partial charge in [-0.15, -0.1) is 0 Å². The summed E-state index contributed by atoms with van der Waals surface area (Å²) in [6.07, 6.45) is 11.9. The number of nitrogens with one attached hydrogen (secondary N) is 1. The second-order valence-corrected chi connectivity index (χ2v) is 6.43.